The Kier molecular flexibility index (Phi) is 5.93. The van der Waals surface area contributed by atoms with Gasteiger partial charge in [-0.25, -0.2) is 9.97 Å². The zero-order valence-electron chi connectivity index (χ0n) is 13.6. The average Bonchev–Trinajstić information content (AvgIpc) is 2.50. The highest BCUT2D eigenvalue weighted by Gasteiger charge is 2.07. The highest BCUT2D eigenvalue weighted by Crippen LogP contribution is 2.12. The van der Waals surface area contributed by atoms with E-state index in [0.717, 1.165) is 17.0 Å². The van der Waals surface area contributed by atoms with Crippen molar-refractivity contribution in [3.8, 4) is 0 Å². The van der Waals surface area contributed by atoms with Crippen molar-refractivity contribution in [2.45, 2.75) is 26.3 Å². The van der Waals surface area contributed by atoms with Crippen LogP contribution in [0.3, 0.4) is 0 Å². The largest absolute Gasteiger partial charge is 0.350 e. The molecule has 0 spiro atoms. The molecule has 1 aromatic heterocycles. The molecule has 5 nitrogen and oxygen atoms in total. The summed E-state index contributed by atoms with van der Waals surface area (Å²) < 4.78 is 0. The van der Waals surface area contributed by atoms with Crippen molar-refractivity contribution in [1.29, 1.82) is 0 Å². The highest BCUT2D eigenvalue weighted by molar-refractivity contribution is 6.30. The zero-order chi connectivity index (χ0) is 16.8. The van der Waals surface area contributed by atoms with Gasteiger partial charge in [0.1, 0.15) is 0 Å². The van der Waals surface area contributed by atoms with Crippen molar-refractivity contribution in [2.75, 3.05) is 19.0 Å². The van der Waals surface area contributed by atoms with Crippen molar-refractivity contribution in [3.05, 3.63) is 52.3 Å². The van der Waals surface area contributed by atoms with E-state index in [1.807, 2.05) is 56.3 Å². The van der Waals surface area contributed by atoms with Gasteiger partial charge in [-0.05, 0) is 37.1 Å². The van der Waals surface area contributed by atoms with Crippen LogP contribution in [0.5, 0.6) is 0 Å². The number of rotatable bonds is 6. The molecule has 1 heterocycles. The quantitative estimate of drug-likeness (QED) is 0.883. The van der Waals surface area contributed by atoms with Crippen molar-refractivity contribution in [1.82, 2.24) is 15.3 Å². The topological polar surface area (TPSA) is 58.1 Å². The van der Waals surface area contributed by atoms with Crippen LogP contribution in [0.4, 0.5) is 5.95 Å². The number of hydrogen-bond donors (Lipinski definition) is 1. The fourth-order valence-corrected chi connectivity index (χ4v) is 2.35. The van der Waals surface area contributed by atoms with E-state index < -0.39 is 0 Å². The average molecular weight is 333 g/mol. The van der Waals surface area contributed by atoms with Gasteiger partial charge >= 0.3 is 0 Å². The van der Waals surface area contributed by atoms with E-state index >= 15 is 0 Å². The Bertz CT molecular complexity index is 688. The second-order valence-corrected chi connectivity index (χ2v) is 6.04. The molecule has 6 heteroatoms. The van der Waals surface area contributed by atoms with Crippen LogP contribution in [0, 0.1) is 6.92 Å². The minimum absolute atomic E-state index is 0.00681. The van der Waals surface area contributed by atoms with Crippen LogP contribution in [0.2, 0.25) is 5.02 Å². The van der Waals surface area contributed by atoms with Crippen LogP contribution in [-0.4, -0.2) is 30.0 Å². The molecule has 1 aromatic carbocycles. The number of halogens is 1. The smallest absolute Gasteiger partial charge is 0.225 e. The number of aromatic nitrogens is 2. The Morgan fingerprint density at radius 2 is 2.04 bits per heavy atom. The fraction of sp³-hybridized carbons (Fsp3) is 0.353. The van der Waals surface area contributed by atoms with E-state index in [4.69, 9.17) is 11.6 Å². The van der Waals surface area contributed by atoms with Gasteiger partial charge in [-0.3, -0.25) is 4.79 Å². The normalized spacial score (nSPS) is 10.4. The number of hydrogen-bond acceptors (Lipinski definition) is 4. The first kappa shape index (κ1) is 17.2. The van der Waals surface area contributed by atoms with Crippen LogP contribution >= 0.6 is 11.6 Å². The van der Waals surface area contributed by atoms with Crippen LogP contribution in [-0.2, 0) is 17.8 Å². The molecule has 0 unspecified atom stereocenters. The lowest BCUT2D eigenvalue weighted by Crippen LogP contribution is -2.24. The summed E-state index contributed by atoms with van der Waals surface area (Å²) in [6, 6.07) is 9.44. The third kappa shape index (κ3) is 5.53. The molecule has 1 N–H and O–H groups in total. The second kappa shape index (κ2) is 7.92. The molecule has 0 atom stereocenters. The highest BCUT2D eigenvalue weighted by atomic mass is 35.5. The van der Waals surface area contributed by atoms with Gasteiger partial charge in [-0.1, -0.05) is 23.7 Å². The number of nitrogens with zero attached hydrogens (tertiary/aromatic N) is 3. The van der Waals surface area contributed by atoms with Gasteiger partial charge in [0.15, 0.2) is 0 Å². The molecule has 1 amide bonds. The summed E-state index contributed by atoms with van der Waals surface area (Å²) in [7, 11) is 3.78. The molecule has 0 saturated heterocycles. The maximum Gasteiger partial charge on any atom is 0.225 e. The molecular formula is C17H21ClN4O. The molecule has 0 bridgehead atoms. The molecule has 2 rings (SSSR count). The molecule has 0 aliphatic carbocycles. The Morgan fingerprint density at radius 1 is 1.26 bits per heavy atom. The van der Waals surface area contributed by atoms with Gasteiger partial charge in [0.05, 0.1) is 12.2 Å². The monoisotopic (exact) mass is 332 g/mol. The van der Waals surface area contributed by atoms with Crippen molar-refractivity contribution in [2.24, 2.45) is 0 Å². The lowest BCUT2D eigenvalue weighted by Gasteiger charge is -2.12. The van der Waals surface area contributed by atoms with E-state index in [0.29, 0.717) is 30.4 Å². The predicted molar refractivity (Wildman–Crippen MR) is 92.7 cm³/mol. The first-order valence-electron chi connectivity index (χ1n) is 7.47. The van der Waals surface area contributed by atoms with Crippen LogP contribution < -0.4 is 10.2 Å². The minimum atomic E-state index is -0.00681. The molecule has 0 radical (unpaired) electrons. The number of amides is 1. The molecular weight excluding hydrogens is 312 g/mol. The standard InChI is InChI=1S/C17H21ClN4O/c1-12-9-15(21-17(20-12)22(2)3)11-19-16(23)8-7-13-5-4-6-14(18)10-13/h4-6,9-10H,7-8,11H2,1-3H3,(H,19,23). The summed E-state index contributed by atoms with van der Waals surface area (Å²) in [4.78, 5) is 22.6. The summed E-state index contributed by atoms with van der Waals surface area (Å²) in [6.07, 6.45) is 1.09. The molecule has 2 aromatic rings. The molecule has 0 aliphatic rings. The molecule has 23 heavy (non-hydrogen) atoms. The lowest BCUT2D eigenvalue weighted by atomic mass is 10.1. The number of nitrogens with one attached hydrogen (secondary N) is 1. The summed E-state index contributed by atoms with van der Waals surface area (Å²) in [5, 5.41) is 3.59. The SMILES string of the molecule is Cc1cc(CNC(=O)CCc2cccc(Cl)c2)nc(N(C)C)n1. The van der Waals surface area contributed by atoms with Gasteiger partial charge in [-0.2, -0.15) is 0 Å². The molecule has 0 saturated carbocycles. The van der Waals surface area contributed by atoms with Gasteiger partial charge < -0.3 is 10.2 Å². The van der Waals surface area contributed by atoms with Crippen LogP contribution in [0.1, 0.15) is 23.4 Å². The minimum Gasteiger partial charge on any atom is -0.350 e. The van der Waals surface area contributed by atoms with Gasteiger partial charge in [0.25, 0.3) is 0 Å². The van der Waals surface area contributed by atoms with Crippen molar-refractivity contribution >= 4 is 23.5 Å². The maximum absolute atomic E-state index is 12.0. The zero-order valence-corrected chi connectivity index (χ0v) is 14.4. The van der Waals surface area contributed by atoms with Gasteiger partial charge in [-0.15, -0.1) is 0 Å². The van der Waals surface area contributed by atoms with Gasteiger partial charge in [0, 0.05) is 31.2 Å². The predicted octanol–water partition coefficient (Wildman–Crippen LogP) is 2.75. The third-order valence-corrected chi connectivity index (χ3v) is 3.53. The number of aryl methyl sites for hydroxylation is 2. The van der Waals surface area contributed by atoms with E-state index in [1.54, 1.807) is 0 Å². The number of carbonyl (C=O) groups is 1. The molecule has 122 valence electrons. The Morgan fingerprint density at radius 3 is 2.74 bits per heavy atom. The number of carbonyl (C=O) groups excluding carboxylic acids is 1. The van der Waals surface area contributed by atoms with E-state index in [1.165, 1.54) is 0 Å². The molecule has 0 aliphatic heterocycles. The van der Waals surface area contributed by atoms with Crippen molar-refractivity contribution < 1.29 is 4.79 Å². The summed E-state index contributed by atoms with van der Waals surface area (Å²) in [5.41, 5.74) is 2.74. The fourth-order valence-electron chi connectivity index (χ4n) is 2.14. The second-order valence-electron chi connectivity index (χ2n) is 5.60. The summed E-state index contributed by atoms with van der Waals surface area (Å²) >= 11 is 5.94. The first-order chi connectivity index (χ1) is 10.9. The summed E-state index contributed by atoms with van der Waals surface area (Å²) in [5.74, 6) is 0.640. The Balaban J connectivity index is 1.87. The van der Waals surface area contributed by atoms with Crippen LogP contribution in [0.25, 0.3) is 0 Å². The first-order valence-corrected chi connectivity index (χ1v) is 7.85. The van der Waals surface area contributed by atoms with Gasteiger partial charge in [0.2, 0.25) is 11.9 Å². The van der Waals surface area contributed by atoms with E-state index in [-0.39, 0.29) is 5.91 Å². The number of anilines is 1. The summed E-state index contributed by atoms with van der Waals surface area (Å²) in [6.45, 7) is 2.32. The Hall–Kier alpha value is -2.14. The molecule has 0 fully saturated rings. The van der Waals surface area contributed by atoms with Crippen LogP contribution in [0.15, 0.2) is 30.3 Å². The van der Waals surface area contributed by atoms with E-state index in [2.05, 4.69) is 15.3 Å². The maximum atomic E-state index is 12.0. The third-order valence-electron chi connectivity index (χ3n) is 3.29. The lowest BCUT2D eigenvalue weighted by molar-refractivity contribution is -0.121. The van der Waals surface area contributed by atoms with E-state index in [9.17, 15) is 4.79 Å². The van der Waals surface area contributed by atoms with Crippen molar-refractivity contribution in [3.63, 3.8) is 0 Å². The number of benzene rings is 1. The Labute approximate surface area is 141 Å².